The van der Waals surface area contributed by atoms with Gasteiger partial charge in [0.2, 0.25) is 0 Å². The van der Waals surface area contributed by atoms with Gasteiger partial charge in [0, 0.05) is 18.2 Å². The molecule has 0 radical (unpaired) electrons. The fourth-order valence-electron chi connectivity index (χ4n) is 6.30. The van der Waals surface area contributed by atoms with Crippen LogP contribution in [0.5, 0.6) is 5.75 Å². The van der Waals surface area contributed by atoms with Gasteiger partial charge >= 0.3 is 0 Å². The van der Waals surface area contributed by atoms with E-state index >= 15 is 0 Å². The van der Waals surface area contributed by atoms with Crippen molar-refractivity contribution in [2.24, 2.45) is 5.92 Å². The smallest absolute Gasteiger partial charge is 0.119 e. The minimum atomic E-state index is 0.234. The van der Waals surface area contributed by atoms with Crippen molar-refractivity contribution in [2.45, 2.75) is 37.3 Å². The van der Waals surface area contributed by atoms with E-state index in [4.69, 9.17) is 9.47 Å². The first-order valence-corrected chi connectivity index (χ1v) is 12.6. The van der Waals surface area contributed by atoms with Crippen LogP contribution in [0, 0.1) is 5.92 Å². The number of hydrogen-bond acceptors (Lipinski definition) is 3. The Morgan fingerprint density at radius 2 is 1.71 bits per heavy atom. The molecular formula is C31H29NO2. The lowest BCUT2D eigenvalue weighted by atomic mass is 9.75. The monoisotopic (exact) mass is 447 g/mol. The summed E-state index contributed by atoms with van der Waals surface area (Å²) in [5.74, 6) is 1.82. The molecule has 7 rings (SSSR count). The molecule has 4 unspecified atom stereocenters. The largest absolute Gasteiger partial charge is 0.491 e. The van der Waals surface area contributed by atoms with E-state index < -0.39 is 0 Å². The number of hydrogen-bond donors (Lipinski definition) is 1. The van der Waals surface area contributed by atoms with Crippen molar-refractivity contribution < 1.29 is 9.47 Å². The molecule has 3 aliphatic rings. The summed E-state index contributed by atoms with van der Waals surface area (Å²) in [6, 6.07) is 26.8. The predicted octanol–water partition coefficient (Wildman–Crippen LogP) is 7.38. The zero-order valence-electron chi connectivity index (χ0n) is 19.2. The fourth-order valence-corrected chi connectivity index (χ4v) is 6.30. The second-order valence-corrected chi connectivity index (χ2v) is 9.90. The molecule has 0 amide bonds. The molecule has 34 heavy (non-hydrogen) atoms. The molecule has 170 valence electrons. The lowest BCUT2D eigenvalue weighted by Crippen LogP contribution is -2.29. The van der Waals surface area contributed by atoms with Crippen LogP contribution in [0.15, 0.2) is 84.9 Å². The summed E-state index contributed by atoms with van der Waals surface area (Å²) in [6.07, 6.45) is 8.33. The Balaban J connectivity index is 1.30. The van der Waals surface area contributed by atoms with Gasteiger partial charge in [-0.2, -0.15) is 0 Å². The van der Waals surface area contributed by atoms with E-state index in [1.54, 1.807) is 0 Å². The number of fused-ring (bicyclic) bond motifs is 5. The van der Waals surface area contributed by atoms with Crippen LogP contribution < -0.4 is 10.1 Å². The third-order valence-corrected chi connectivity index (χ3v) is 7.92. The molecular weight excluding hydrogens is 418 g/mol. The number of ether oxygens (including phenoxy) is 2. The molecule has 1 aliphatic carbocycles. The molecule has 3 heteroatoms. The Kier molecular flexibility index (Phi) is 4.83. The van der Waals surface area contributed by atoms with Crippen LogP contribution in [-0.2, 0) is 4.74 Å². The minimum Gasteiger partial charge on any atom is -0.491 e. The van der Waals surface area contributed by atoms with Gasteiger partial charge in [-0.3, -0.25) is 0 Å². The van der Waals surface area contributed by atoms with Crippen LogP contribution in [-0.4, -0.2) is 19.3 Å². The van der Waals surface area contributed by atoms with Crippen molar-refractivity contribution >= 4 is 27.2 Å². The summed E-state index contributed by atoms with van der Waals surface area (Å²) in [5.41, 5.74) is 4.00. The Morgan fingerprint density at radius 3 is 2.47 bits per heavy atom. The van der Waals surface area contributed by atoms with E-state index in [0.29, 0.717) is 18.4 Å². The van der Waals surface area contributed by atoms with Crippen LogP contribution in [0.2, 0.25) is 0 Å². The molecule has 0 spiro atoms. The number of nitrogens with one attached hydrogen (secondary N) is 1. The maximum absolute atomic E-state index is 6.15. The summed E-state index contributed by atoms with van der Waals surface area (Å²) in [6.45, 7) is 1.50. The van der Waals surface area contributed by atoms with Gasteiger partial charge in [-0.15, -0.1) is 0 Å². The van der Waals surface area contributed by atoms with Crippen LogP contribution in [0.1, 0.15) is 42.3 Å². The highest BCUT2D eigenvalue weighted by Gasteiger charge is 2.39. The van der Waals surface area contributed by atoms with Crippen molar-refractivity contribution in [3.8, 4) is 5.75 Å². The molecule has 2 heterocycles. The summed E-state index contributed by atoms with van der Waals surface area (Å²) in [7, 11) is 0. The number of benzene rings is 4. The molecule has 0 saturated carbocycles. The van der Waals surface area contributed by atoms with E-state index in [0.717, 1.165) is 31.6 Å². The summed E-state index contributed by atoms with van der Waals surface area (Å²) in [4.78, 5) is 0. The second kappa shape index (κ2) is 8.18. The summed E-state index contributed by atoms with van der Waals surface area (Å²) < 4.78 is 11.9. The van der Waals surface area contributed by atoms with Crippen molar-refractivity contribution in [1.82, 2.24) is 0 Å². The van der Waals surface area contributed by atoms with Gasteiger partial charge in [0.05, 0.1) is 12.1 Å². The maximum atomic E-state index is 6.15. The molecule has 4 aromatic carbocycles. The number of allylic oxidation sites excluding steroid dienone is 2. The van der Waals surface area contributed by atoms with Gasteiger partial charge in [-0.05, 0) is 82.1 Å². The van der Waals surface area contributed by atoms with Crippen molar-refractivity contribution in [1.29, 1.82) is 0 Å². The van der Waals surface area contributed by atoms with E-state index in [1.807, 2.05) is 0 Å². The average Bonchev–Trinajstić information content (AvgIpc) is 3.58. The third-order valence-electron chi connectivity index (χ3n) is 7.92. The highest BCUT2D eigenvalue weighted by molar-refractivity contribution is 6.03. The van der Waals surface area contributed by atoms with Gasteiger partial charge in [0.1, 0.15) is 12.4 Å². The van der Waals surface area contributed by atoms with Gasteiger partial charge in [0.25, 0.3) is 0 Å². The molecule has 2 aliphatic heterocycles. The number of rotatable bonds is 4. The van der Waals surface area contributed by atoms with E-state index in [2.05, 4.69) is 90.3 Å². The molecule has 0 aromatic heterocycles. The number of anilines is 1. The van der Waals surface area contributed by atoms with Crippen LogP contribution in [0.3, 0.4) is 0 Å². The van der Waals surface area contributed by atoms with Crippen LogP contribution in [0.25, 0.3) is 21.5 Å². The van der Waals surface area contributed by atoms with Crippen LogP contribution >= 0.6 is 0 Å². The van der Waals surface area contributed by atoms with Crippen molar-refractivity contribution in [3.63, 3.8) is 0 Å². The predicted molar refractivity (Wildman–Crippen MR) is 139 cm³/mol. The lowest BCUT2D eigenvalue weighted by Gasteiger charge is -2.38. The normalized spacial score (nSPS) is 25.3. The maximum Gasteiger partial charge on any atom is 0.119 e. The SMILES string of the molecule is C1=CC2c3cc(OCC4CCCO4)ccc3NC(c3c4ccccc4cc4ccccc34)C2C1. The Morgan fingerprint density at radius 1 is 0.912 bits per heavy atom. The minimum absolute atomic E-state index is 0.234. The molecule has 1 N–H and O–H groups in total. The second-order valence-electron chi connectivity index (χ2n) is 9.90. The molecule has 3 nitrogen and oxygen atoms in total. The molecule has 4 atom stereocenters. The lowest BCUT2D eigenvalue weighted by molar-refractivity contribution is 0.0679. The zero-order valence-corrected chi connectivity index (χ0v) is 19.2. The topological polar surface area (TPSA) is 30.5 Å². The Bertz CT molecular complexity index is 1350. The fraction of sp³-hybridized carbons (Fsp3) is 0.290. The highest BCUT2D eigenvalue weighted by atomic mass is 16.5. The van der Waals surface area contributed by atoms with E-state index in [9.17, 15) is 0 Å². The van der Waals surface area contributed by atoms with E-state index in [1.165, 1.54) is 38.4 Å². The third kappa shape index (κ3) is 3.30. The molecule has 1 saturated heterocycles. The quantitative estimate of drug-likeness (QED) is 0.262. The summed E-state index contributed by atoms with van der Waals surface area (Å²) in [5, 5.41) is 9.29. The van der Waals surface area contributed by atoms with Gasteiger partial charge < -0.3 is 14.8 Å². The van der Waals surface area contributed by atoms with Crippen molar-refractivity contribution in [2.75, 3.05) is 18.5 Å². The first kappa shape index (κ1) is 20.1. The average molecular weight is 448 g/mol. The molecule has 1 fully saturated rings. The van der Waals surface area contributed by atoms with E-state index in [-0.39, 0.29) is 12.1 Å². The zero-order chi connectivity index (χ0) is 22.5. The first-order chi connectivity index (χ1) is 16.8. The van der Waals surface area contributed by atoms with Gasteiger partial charge in [-0.25, -0.2) is 0 Å². The molecule has 0 bridgehead atoms. The Hall–Kier alpha value is -3.30. The standard InChI is InChI=1S/C31H29NO2/c1-3-10-24-20(7-1)17-21-8-2-4-11-25(21)30(24)31-27-13-5-12-26(27)28-18-22(14-15-29(28)32-31)34-19-23-9-6-16-33-23/h1-5,7-8,10-12,14-15,17-18,23,26-27,31-32H,6,9,13,16,19H2. The summed E-state index contributed by atoms with van der Waals surface area (Å²) >= 11 is 0. The van der Waals surface area contributed by atoms with Crippen molar-refractivity contribution in [3.05, 3.63) is 96.1 Å². The van der Waals surface area contributed by atoms with Gasteiger partial charge in [0.15, 0.2) is 0 Å². The highest BCUT2D eigenvalue weighted by Crippen LogP contribution is 2.52. The molecule has 4 aromatic rings. The van der Waals surface area contributed by atoms with Gasteiger partial charge in [-0.1, -0.05) is 60.7 Å². The van der Waals surface area contributed by atoms with Crippen LogP contribution in [0.4, 0.5) is 5.69 Å². The first-order valence-electron chi connectivity index (χ1n) is 12.6. The Labute approximate surface area is 200 Å².